The van der Waals surface area contributed by atoms with Crippen LogP contribution < -0.4 is 4.90 Å². The van der Waals surface area contributed by atoms with Gasteiger partial charge in [0.25, 0.3) is 10.0 Å². The smallest absolute Gasteiger partial charge is 0.301 e. The Kier molecular flexibility index (Phi) is 7.64. The summed E-state index contributed by atoms with van der Waals surface area (Å²) in [7, 11) is -3.21. The van der Waals surface area contributed by atoms with Gasteiger partial charge in [-0.3, -0.25) is 20.2 Å². The fraction of sp³-hybridized carbons (Fsp3) is 0.533. The van der Waals surface area contributed by atoms with Crippen LogP contribution in [-0.2, 0) is 14.8 Å². The van der Waals surface area contributed by atoms with E-state index in [-0.39, 0.29) is 11.6 Å². The summed E-state index contributed by atoms with van der Waals surface area (Å²) in [6.07, 6.45) is 1.21. The molecule has 27 heavy (non-hydrogen) atoms. The second-order valence-electron chi connectivity index (χ2n) is 5.60. The number of hydrogen-bond acceptors (Lipinski definition) is 8. The number of ether oxygens (including phenoxy) is 1. The van der Waals surface area contributed by atoms with E-state index in [1.54, 1.807) is 0 Å². The van der Waals surface area contributed by atoms with Gasteiger partial charge in [-0.05, 0) is 12.8 Å². The molecule has 11 nitrogen and oxygen atoms in total. The Morgan fingerprint density at radius 2 is 1.56 bits per heavy atom. The van der Waals surface area contributed by atoms with Crippen molar-refractivity contribution in [3.05, 3.63) is 32.4 Å². The van der Waals surface area contributed by atoms with Gasteiger partial charge in [-0.1, -0.05) is 13.8 Å². The number of methoxy groups -OCH3 is 1. The Morgan fingerprint density at radius 1 is 1.11 bits per heavy atom. The lowest BCUT2D eigenvalue weighted by molar-refractivity contribution is -0.393. The molecule has 1 aromatic carbocycles. The first-order valence-corrected chi connectivity index (χ1v) is 9.60. The minimum absolute atomic E-state index is 0.206. The molecule has 1 aromatic rings. The van der Waals surface area contributed by atoms with Crippen molar-refractivity contribution in [2.75, 3.05) is 25.1 Å². The second-order valence-corrected chi connectivity index (χ2v) is 7.21. The van der Waals surface area contributed by atoms with Crippen LogP contribution in [0.2, 0.25) is 0 Å². The second kappa shape index (κ2) is 9.26. The minimum Gasteiger partial charge on any atom is -0.484 e. The van der Waals surface area contributed by atoms with Crippen molar-refractivity contribution in [2.24, 2.45) is 4.40 Å². The molecule has 0 spiro atoms. The zero-order chi connectivity index (χ0) is 20.8. The highest BCUT2D eigenvalue weighted by molar-refractivity contribution is 7.90. The molecular weight excluding hydrogens is 380 g/mol. The van der Waals surface area contributed by atoms with Crippen molar-refractivity contribution >= 4 is 33.0 Å². The van der Waals surface area contributed by atoms with Gasteiger partial charge in [0, 0.05) is 32.1 Å². The number of nitrogens with zero attached hydrogens (tertiary/aromatic N) is 4. The van der Waals surface area contributed by atoms with Crippen LogP contribution in [0.25, 0.3) is 0 Å². The summed E-state index contributed by atoms with van der Waals surface area (Å²) in [5.41, 5.74) is -1.52. The van der Waals surface area contributed by atoms with Gasteiger partial charge in [0.2, 0.25) is 0 Å². The quantitative estimate of drug-likeness (QED) is 0.265. The fourth-order valence-corrected chi connectivity index (χ4v) is 3.50. The van der Waals surface area contributed by atoms with E-state index in [9.17, 15) is 28.6 Å². The van der Waals surface area contributed by atoms with Crippen LogP contribution in [0, 0.1) is 20.2 Å². The molecule has 0 atom stereocenters. The van der Waals surface area contributed by atoms with Gasteiger partial charge in [-0.25, -0.2) is 0 Å². The number of sulfonamides is 1. The molecule has 1 rings (SSSR count). The van der Waals surface area contributed by atoms with Crippen LogP contribution in [0.3, 0.4) is 0 Å². The number of anilines is 1. The summed E-state index contributed by atoms with van der Waals surface area (Å²) in [5.74, 6) is -0.206. The van der Waals surface area contributed by atoms with Crippen molar-refractivity contribution in [3.8, 4) is 0 Å². The number of rotatable bonds is 9. The Hall–Kier alpha value is -2.76. The predicted molar refractivity (Wildman–Crippen MR) is 99.8 cm³/mol. The standard InChI is InChI=1S/C15H22N4O7S/c1-5-7-17(8-6-2)15-13(18(20)21)9-12(10-14(15)19(22)23)27(24,25)16-11(3)26-4/h9-10H,5-8H2,1-4H3. The summed E-state index contributed by atoms with van der Waals surface area (Å²) < 4.78 is 32.8. The molecule has 0 saturated carbocycles. The van der Waals surface area contributed by atoms with Crippen molar-refractivity contribution in [3.63, 3.8) is 0 Å². The lowest BCUT2D eigenvalue weighted by Gasteiger charge is -2.23. The van der Waals surface area contributed by atoms with Crippen molar-refractivity contribution in [2.45, 2.75) is 38.5 Å². The molecule has 0 aliphatic carbocycles. The maximum absolute atomic E-state index is 12.4. The van der Waals surface area contributed by atoms with Crippen molar-refractivity contribution in [1.29, 1.82) is 0 Å². The van der Waals surface area contributed by atoms with Gasteiger partial charge >= 0.3 is 11.4 Å². The third-order valence-electron chi connectivity index (χ3n) is 3.58. The molecular formula is C15H22N4O7S. The lowest BCUT2D eigenvalue weighted by Crippen LogP contribution is -2.26. The van der Waals surface area contributed by atoms with Crippen molar-refractivity contribution in [1.82, 2.24) is 0 Å². The summed E-state index contributed by atoms with van der Waals surface area (Å²) in [5, 5.41) is 23.1. The first kappa shape index (κ1) is 22.3. The summed E-state index contributed by atoms with van der Waals surface area (Å²) in [6, 6.07) is 1.59. The molecule has 0 radical (unpaired) electrons. The third kappa shape index (κ3) is 5.36. The molecule has 0 aromatic heterocycles. The maximum Gasteiger partial charge on any atom is 0.301 e. The zero-order valence-corrected chi connectivity index (χ0v) is 16.4. The third-order valence-corrected chi connectivity index (χ3v) is 4.91. The van der Waals surface area contributed by atoms with E-state index in [1.165, 1.54) is 18.9 Å². The number of benzene rings is 1. The average molecular weight is 402 g/mol. The minimum atomic E-state index is -4.42. The highest BCUT2D eigenvalue weighted by atomic mass is 32.2. The van der Waals surface area contributed by atoms with Gasteiger partial charge in [0.15, 0.2) is 11.6 Å². The van der Waals surface area contributed by atoms with Crippen LogP contribution in [-0.4, -0.2) is 44.4 Å². The molecule has 0 N–H and O–H groups in total. The van der Waals surface area contributed by atoms with Gasteiger partial charge in [0.05, 0.1) is 17.0 Å². The molecule has 0 saturated heterocycles. The molecule has 0 unspecified atom stereocenters. The van der Waals surface area contributed by atoms with E-state index in [1.807, 2.05) is 13.8 Å². The largest absolute Gasteiger partial charge is 0.484 e. The Balaban J connectivity index is 3.82. The number of nitro benzene ring substituents is 2. The van der Waals surface area contributed by atoms with Crippen LogP contribution in [0.5, 0.6) is 0 Å². The van der Waals surface area contributed by atoms with Gasteiger partial charge in [0.1, 0.15) is 4.90 Å². The Labute approximate surface area is 157 Å². The first-order chi connectivity index (χ1) is 12.6. The van der Waals surface area contributed by atoms with Crippen LogP contribution in [0.15, 0.2) is 21.4 Å². The van der Waals surface area contributed by atoms with Gasteiger partial charge in [-0.15, -0.1) is 4.40 Å². The summed E-state index contributed by atoms with van der Waals surface area (Å²) >= 11 is 0. The topological polar surface area (TPSA) is 145 Å². The highest BCUT2D eigenvalue weighted by Crippen LogP contribution is 2.40. The average Bonchev–Trinajstić information content (AvgIpc) is 2.59. The highest BCUT2D eigenvalue weighted by Gasteiger charge is 2.33. The molecule has 150 valence electrons. The fourth-order valence-electron chi connectivity index (χ4n) is 2.46. The normalized spacial score (nSPS) is 11.9. The molecule has 0 heterocycles. The summed E-state index contributed by atoms with van der Waals surface area (Å²) in [4.78, 5) is 22.4. The number of hydrogen-bond donors (Lipinski definition) is 0. The Morgan fingerprint density at radius 3 is 1.89 bits per heavy atom. The molecule has 0 fully saturated rings. The summed E-state index contributed by atoms with van der Waals surface area (Å²) in [6.45, 7) is 5.65. The van der Waals surface area contributed by atoms with E-state index in [0.29, 0.717) is 25.9 Å². The van der Waals surface area contributed by atoms with Gasteiger partial charge in [-0.2, -0.15) is 8.42 Å². The van der Waals surface area contributed by atoms with Gasteiger partial charge < -0.3 is 9.64 Å². The van der Waals surface area contributed by atoms with E-state index < -0.39 is 36.1 Å². The van der Waals surface area contributed by atoms with Crippen LogP contribution in [0.4, 0.5) is 17.1 Å². The Bertz CT molecular complexity index is 811. The SMILES string of the molecule is CCCN(CCC)c1c([N+](=O)[O-])cc(S(=O)(=O)N=C(C)OC)cc1[N+](=O)[O-]. The van der Waals surface area contributed by atoms with E-state index in [0.717, 1.165) is 12.1 Å². The maximum atomic E-state index is 12.4. The zero-order valence-electron chi connectivity index (χ0n) is 15.5. The lowest BCUT2D eigenvalue weighted by atomic mass is 10.2. The molecule has 0 amide bonds. The molecule has 0 aliphatic heterocycles. The molecule has 12 heteroatoms. The molecule has 0 bridgehead atoms. The van der Waals surface area contributed by atoms with Crippen molar-refractivity contribution < 1.29 is 23.0 Å². The monoisotopic (exact) mass is 402 g/mol. The first-order valence-electron chi connectivity index (χ1n) is 8.16. The van der Waals surface area contributed by atoms with Crippen LogP contribution in [0.1, 0.15) is 33.6 Å². The van der Waals surface area contributed by atoms with E-state index in [4.69, 9.17) is 0 Å². The predicted octanol–water partition coefficient (Wildman–Crippen LogP) is 2.88. The van der Waals surface area contributed by atoms with E-state index in [2.05, 4.69) is 9.13 Å². The molecule has 0 aliphatic rings. The van der Waals surface area contributed by atoms with E-state index >= 15 is 0 Å². The number of nitro groups is 2. The van der Waals surface area contributed by atoms with Crippen LogP contribution >= 0.6 is 0 Å².